The van der Waals surface area contributed by atoms with Gasteiger partial charge < -0.3 is 24.6 Å². The smallest absolute Gasteiger partial charge is 0.289 e. The molecule has 0 spiro atoms. The maximum absolute atomic E-state index is 15.4. The number of pyridine rings is 2. The first-order valence-electron chi connectivity index (χ1n) is 17.0. The van der Waals surface area contributed by atoms with Crippen LogP contribution in [0, 0.1) is 11.2 Å². The number of aromatic nitrogens is 4. The third-order valence-electron chi connectivity index (χ3n) is 10.3. The lowest BCUT2D eigenvalue weighted by atomic mass is 9.90. The number of rotatable bonds is 7. The molecule has 260 valence electrons. The first-order chi connectivity index (χ1) is 24.0. The van der Waals surface area contributed by atoms with Gasteiger partial charge in [-0.1, -0.05) is 13.8 Å². The van der Waals surface area contributed by atoms with Crippen LogP contribution in [-0.4, -0.2) is 74.3 Å². The molecular weight excluding hydrogens is 658 g/mol. The Morgan fingerprint density at radius 3 is 2.62 bits per heavy atom. The van der Waals surface area contributed by atoms with Crippen molar-refractivity contribution in [2.45, 2.75) is 52.3 Å². The van der Waals surface area contributed by atoms with E-state index in [9.17, 15) is 14.7 Å². The third kappa shape index (κ3) is 5.71. The van der Waals surface area contributed by atoms with Crippen LogP contribution in [0.5, 0.6) is 0 Å². The van der Waals surface area contributed by atoms with Crippen LogP contribution in [0.4, 0.5) is 21.6 Å². The van der Waals surface area contributed by atoms with E-state index in [0.29, 0.717) is 39.3 Å². The lowest BCUT2D eigenvalue weighted by molar-refractivity contribution is -0.0691. The maximum Gasteiger partial charge on any atom is 0.289 e. The Hall–Kier alpha value is -4.43. The number of hydrogen-bond acceptors (Lipinski definition) is 10. The number of aliphatic hydroxyl groups is 1. The minimum Gasteiger partial charge on any atom is -0.392 e. The predicted molar refractivity (Wildman–Crippen MR) is 193 cm³/mol. The number of ether oxygens (including phenoxy) is 1. The van der Waals surface area contributed by atoms with Gasteiger partial charge in [-0.15, -0.1) is 11.3 Å². The van der Waals surface area contributed by atoms with Crippen LogP contribution in [-0.2, 0) is 31.2 Å². The summed E-state index contributed by atoms with van der Waals surface area (Å²) in [6, 6.07) is 8.80. The average Bonchev–Trinajstić information content (AvgIpc) is 3.55. The number of nitrogens with zero attached hydrogens (tertiary/aromatic N) is 6. The van der Waals surface area contributed by atoms with Crippen LogP contribution in [0.15, 0.2) is 58.5 Å². The summed E-state index contributed by atoms with van der Waals surface area (Å²) in [7, 11) is 1.61. The second kappa shape index (κ2) is 12.4. The van der Waals surface area contributed by atoms with E-state index in [-0.39, 0.29) is 27.9 Å². The summed E-state index contributed by atoms with van der Waals surface area (Å²) >= 11 is 1.47. The Balaban J connectivity index is 1.09. The van der Waals surface area contributed by atoms with E-state index in [1.165, 1.54) is 37.6 Å². The van der Waals surface area contributed by atoms with Crippen molar-refractivity contribution in [3.8, 4) is 16.8 Å². The van der Waals surface area contributed by atoms with Crippen molar-refractivity contribution in [2.24, 2.45) is 12.5 Å². The Morgan fingerprint density at radius 2 is 1.92 bits per heavy atom. The molecule has 2 fully saturated rings. The molecule has 0 bridgehead atoms. The SMILES string of the molecule is CC1CN(C2COC2)CCN1c1ccc(Nc2cc(-c3cc(F)cc(-n4ncc5c6c(sc5c4=O)CC(C)(C)C6)c3CO)cn(C)c2=O)nc1. The molecule has 2 N–H and O–H groups in total. The van der Waals surface area contributed by atoms with Gasteiger partial charge >= 0.3 is 0 Å². The lowest BCUT2D eigenvalue weighted by Gasteiger charge is -2.46. The van der Waals surface area contributed by atoms with E-state index >= 15 is 4.39 Å². The number of hydrogen-bond donors (Lipinski definition) is 2. The van der Waals surface area contributed by atoms with Crippen molar-refractivity contribution in [3.63, 3.8) is 0 Å². The minimum atomic E-state index is -0.604. The van der Waals surface area contributed by atoms with Crippen molar-refractivity contribution >= 4 is 38.6 Å². The molecule has 2 saturated heterocycles. The van der Waals surface area contributed by atoms with Gasteiger partial charge in [0.25, 0.3) is 11.1 Å². The van der Waals surface area contributed by atoms with Crippen molar-refractivity contribution in [2.75, 3.05) is 43.1 Å². The van der Waals surface area contributed by atoms with Crippen LogP contribution in [0.1, 0.15) is 36.8 Å². The molecule has 0 amide bonds. The molecule has 5 aromatic rings. The molecule has 8 rings (SSSR count). The zero-order valence-corrected chi connectivity index (χ0v) is 29.4. The zero-order chi connectivity index (χ0) is 34.9. The van der Waals surface area contributed by atoms with E-state index in [1.54, 1.807) is 25.5 Å². The monoisotopic (exact) mass is 697 g/mol. The molecule has 1 aromatic carbocycles. The molecule has 50 heavy (non-hydrogen) atoms. The highest BCUT2D eigenvalue weighted by molar-refractivity contribution is 7.19. The Kier molecular flexibility index (Phi) is 8.13. The van der Waals surface area contributed by atoms with Gasteiger partial charge in [-0.25, -0.2) is 9.37 Å². The normalized spacial score (nSPS) is 19.2. The standard InChI is InChI=1S/C37H40FN7O4S/c1-21-16-43(25-19-49-20-25)7-8-44(21)24-5-6-33(39-14-24)41-30-9-22(17-42(4)35(30)47)26-10-23(38)11-31(29(26)18-46)45-36(48)34-28(15-40-45)27-12-37(2,3)13-32(27)50-34/h5-6,9-11,14-15,17,21,25,46H,7-8,12-13,16,18-20H2,1-4H3,(H,39,41). The molecule has 11 nitrogen and oxygen atoms in total. The Morgan fingerprint density at radius 1 is 1.10 bits per heavy atom. The highest BCUT2D eigenvalue weighted by Crippen LogP contribution is 2.44. The average molecular weight is 698 g/mol. The summed E-state index contributed by atoms with van der Waals surface area (Å²) in [4.78, 5) is 37.7. The van der Waals surface area contributed by atoms with E-state index < -0.39 is 12.4 Å². The molecule has 1 unspecified atom stereocenters. The van der Waals surface area contributed by atoms with E-state index in [2.05, 4.69) is 46.0 Å². The summed E-state index contributed by atoms with van der Waals surface area (Å²) in [5.74, 6) is -0.119. The van der Waals surface area contributed by atoms with Gasteiger partial charge in [-0.05, 0) is 60.6 Å². The second-order valence-electron chi connectivity index (χ2n) is 14.5. The van der Waals surface area contributed by atoms with Gasteiger partial charge in [0.05, 0.1) is 49.6 Å². The number of aryl methyl sites for hydroxylation is 1. The number of thiophene rings is 1. The molecule has 1 atom stereocenters. The molecule has 4 aromatic heterocycles. The van der Waals surface area contributed by atoms with Crippen molar-refractivity contribution in [3.05, 3.63) is 91.5 Å². The molecule has 2 aliphatic heterocycles. The number of fused-ring (bicyclic) bond motifs is 3. The van der Waals surface area contributed by atoms with Crippen LogP contribution in [0.3, 0.4) is 0 Å². The first kappa shape index (κ1) is 32.8. The summed E-state index contributed by atoms with van der Waals surface area (Å²) in [6.07, 6.45) is 6.84. The summed E-state index contributed by atoms with van der Waals surface area (Å²) < 4.78 is 23.9. The largest absolute Gasteiger partial charge is 0.392 e. The van der Waals surface area contributed by atoms with Crippen molar-refractivity contribution in [1.29, 1.82) is 0 Å². The number of benzene rings is 1. The lowest BCUT2D eigenvalue weighted by Crippen LogP contribution is -2.59. The Labute approximate surface area is 292 Å². The summed E-state index contributed by atoms with van der Waals surface area (Å²) in [5.41, 5.74) is 3.17. The molecule has 6 heterocycles. The van der Waals surface area contributed by atoms with Crippen LogP contribution < -0.4 is 21.3 Å². The summed E-state index contributed by atoms with van der Waals surface area (Å²) in [5, 5.41) is 19.1. The van der Waals surface area contributed by atoms with Crippen LogP contribution >= 0.6 is 11.3 Å². The zero-order valence-electron chi connectivity index (χ0n) is 28.6. The van der Waals surface area contributed by atoms with E-state index in [4.69, 9.17) is 4.74 Å². The minimum absolute atomic E-state index is 0.134. The fourth-order valence-corrected chi connectivity index (χ4v) is 9.13. The fraction of sp³-hybridized carbons (Fsp3) is 0.405. The highest BCUT2D eigenvalue weighted by atomic mass is 32.1. The number of anilines is 3. The van der Waals surface area contributed by atoms with E-state index in [1.807, 2.05) is 18.3 Å². The number of aliphatic hydroxyl groups excluding tert-OH is 1. The number of piperazine rings is 1. The molecule has 1 aliphatic carbocycles. The summed E-state index contributed by atoms with van der Waals surface area (Å²) in [6.45, 7) is 10.6. The number of halogens is 1. The van der Waals surface area contributed by atoms with Gasteiger partial charge in [-0.3, -0.25) is 14.5 Å². The van der Waals surface area contributed by atoms with Crippen molar-refractivity contribution < 1.29 is 14.2 Å². The fourth-order valence-electron chi connectivity index (χ4n) is 7.66. The van der Waals surface area contributed by atoms with Gasteiger partial charge in [0.1, 0.15) is 22.0 Å². The van der Waals surface area contributed by atoms with Crippen LogP contribution in [0.25, 0.3) is 26.9 Å². The van der Waals surface area contributed by atoms with Gasteiger partial charge in [0, 0.05) is 66.4 Å². The second-order valence-corrected chi connectivity index (χ2v) is 15.7. The van der Waals surface area contributed by atoms with Gasteiger partial charge in [0.2, 0.25) is 0 Å². The predicted octanol–water partition coefficient (Wildman–Crippen LogP) is 4.62. The third-order valence-corrected chi connectivity index (χ3v) is 11.6. The molecule has 13 heteroatoms. The molecule has 0 radical (unpaired) electrons. The van der Waals surface area contributed by atoms with E-state index in [0.717, 1.165) is 62.3 Å². The van der Waals surface area contributed by atoms with Gasteiger partial charge in [-0.2, -0.15) is 9.78 Å². The maximum atomic E-state index is 15.4. The van der Waals surface area contributed by atoms with Crippen molar-refractivity contribution in [1.82, 2.24) is 24.2 Å². The molecule has 3 aliphatic rings. The van der Waals surface area contributed by atoms with Crippen LogP contribution in [0.2, 0.25) is 0 Å². The van der Waals surface area contributed by atoms with Gasteiger partial charge in [0.15, 0.2) is 0 Å². The topological polar surface area (TPSA) is 118 Å². The Bertz CT molecular complexity index is 2240. The number of nitrogens with one attached hydrogen (secondary N) is 1. The molecule has 0 saturated carbocycles. The quantitative estimate of drug-likeness (QED) is 0.251. The highest BCUT2D eigenvalue weighted by Gasteiger charge is 2.34. The molecular formula is C37H40FN7O4S. The first-order valence-corrected chi connectivity index (χ1v) is 17.8.